The molecule has 0 spiro atoms. The highest BCUT2D eigenvalue weighted by Gasteiger charge is 2.39. The molecule has 3 nitrogen and oxygen atoms in total. The van der Waals surface area contributed by atoms with Crippen molar-refractivity contribution in [3.63, 3.8) is 0 Å². The van der Waals surface area contributed by atoms with Crippen molar-refractivity contribution in [3.05, 3.63) is 0 Å². The van der Waals surface area contributed by atoms with E-state index in [-0.39, 0.29) is 17.4 Å². The van der Waals surface area contributed by atoms with Crippen molar-refractivity contribution in [2.24, 2.45) is 17.3 Å². The quantitative estimate of drug-likeness (QED) is 0.807. The molecule has 94 valence electrons. The largest absolute Gasteiger partial charge is 0.481 e. The van der Waals surface area contributed by atoms with E-state index >= 15 is 0 Å². The molecule has 0 radical (unpaired) electrons. The van der Waals surface area contributed by atoms with Gasteiger partial charge in [0, 0.05) is 6.61 Å². The van der Waals surface area contributed by atoms with Crippen LogP contribution in [0.15, 0.2) is 0 Å². The van der Waals surface area contributed by atoms with E-state index in [1.165, 1.54) is 0 Å². The average Bonchev–Trinajstić information content (AvgIpc) is 2.16. The molecule has 3 unspecified atom stereocenters. The van der Waals surface area contributed by atoms with Gasteiger partial charge in [-0.25, -0.2) is 0 Å². The van der Waals surface area contributed by atoms with Gasteiger partial charge in [0.05, 0.1) is 12.0 Å². The molecule has 0 aliphatic heterocycles. The maximum Gasteiger partial charge on any atom is 0.309 e. The monoisotopic (exact) mass is 228 g/mol. The van der Waals surface area contributed by atoms with Gasteiger partial charge in [-0.2, -0.15) is 0 Å². The minimum absolute atomic E-state index is 0.0968. The molecule has 1 N–H and O–H groups in total. The maximum atomic E-state index is 11.1. The summed E-state index contributed by atoms with van der Waals surface area (Å²) in [5, 5.41) is 9.14. The van der Waals surface area contributed by atoms with E-state index in [1.54, 1.807) is 0 Å². The second kappa shape index (κ2) is 5.17. The third-order valence-electron chi connectivity index (χ3n) is 3.71. The van der Waals surface area contributed by atoms with Crippen molar-refractivity contribution in [2.75, 3.05) is 6.61 Å². The Kier molecular flexibility index (Phi) is 4.36. The topological polar surface area (TPSA) is 46.5 Å². The van der Waals surface area contributed by atoms with Crippen molar-refractivity contribution in [1.29, 1.82) is 0 Å². The Bertz CT molecular complexity index is 242. The fourth-order valence-electron chi connectivity index (χ4n) is 2.60. The highest BCUT2D eigenvalue weighted by Crippen LogP contribution is 2.41. The Morgan fingerprint density at radius 3 is 2.44 bits per heavy atom. The molecule has 0 heterocycles. The summed E-state index contributed by atoms with van der Waals surface area (Å²) >= 11 is 0. The fourth-order valence-corrected chi connectivity index (χ4v) is 2.60. The molecule has 1 aliphatic rings. The first-order chi connectivity index (χ1) is 7.36. The van der Waals surface area contributed by atoms with E-state index < -0.39 is 5.97 Å². The number of ether oxygens (including phenoxy) is 1. The van der Waals surface area contributed by atoms with E-state index in [0.717, 1.165) is 19.3 Å². The van der Waals surface area contributed by atoms with Crippen molar-refractivity contribution < 1.29 is 14.6 Å². The van der Waals surface area contributed by atoms with E-state index in [4.69, 9.17) is 9.84 Å². The molecule has 0 aromatic rings. The highest BCUT2D eigenvalue weighted by molar-refractivity contribution is 5.70. The van der Waals surface area contributed by atoms with Crippen LogP contribution in [0.2, 0.25) is 0 Å². The molecule has 1 rings (SSSR count). The van der Waals surface area contributed by atoms with Crippen LogP contribution >= 0.6 is 0 Å². The van der Waals surface area contributed by atoms with Crippen molar-refractivity contribution >= 4 is 5.97 Å². The number of rotatable bonds is 3. The minimum Gasteiger partial charge on any atom is -0.481 e. The zero-order valence-electron chi connectivity index (χ0n) is 10.8. The second-order valence-corrected chi connectivity index (χ2v) is 5.81. The van der Waals surface area contributed by atoms with Crippen molar-refractivity contribution in [1.82, 2.24) is 0 Å². The first-order valence-electron chi connectivity index (χ1n) is 6.20. The van der Waals surface area contributed by atoms with Gasteiger partial charge in [0.1, 0.15) is 0 Å². The third-order valence-corrected chi connectivity index (χ3v) is 3.71. The Morgan fingerprint density at radius 2 is 2.00 bits per heavy atom. The van der Waals surface area contributed by atoms with Crippen LogP contribution in [-0.4, -0.2) is 23.8 Å². The van der Waals surface area contributed by atoms with Crippen molar-refractivity contribution in [2.45, 2.75) is 53.1 Å². The number of carboxylic acid groups (broad SMARTS) is 1. The van der Waals surface area contributed by atoms with Gasteiger partial charge in [0.15, 0.2) is 0 Å². The lowest BCUT2D eigenvalue weighted by Crippen LogP contribution is -2.40. The van der Waals surface area contributed by atoms with Gasteiger partial charge in [0.25, 0.3) is 0 Å². The molecule has 0 aromatic heterocycles. The summed E-state index contributed by atoms with van der Waals surface area (Å²) in [6, 6.07) is 0. The zero-order valence-corrected chi connectivity index (χ0v) is 10.8. The molecular formula is C13H24O3. The molecule has 1 saturated carbocycles. The van der Waals surface area contributed by atoms with E-state index in [0.29, 0.717) is 12.5 Å². The van der Waals surface area contributed by atoms with Crippen LogP contribution in [0.3, 0.4) is 0 Å². The first-order valence-corrected chi connectivity index (χ1v) is 6.20. The van der Waals surface area contributed by atoms with Crippen LogP contribution < -0.4 is 0 Å². The summed E-state index contributed by atoms with van der Waals surface area (Å²) in [6.45, 7) is 9.20. The molecular weight excluding hydrogens is 204 g/mol. The van der Waals surface area contributed by atoms with Gasteiger partial charge >= 0.3 is 5.97 Å². The molecule has 0 saturated heterocycles. The summed E-state index contributed by atoms with van der Waals surface area (Å²) in [5.41, 5.74) is 0.249. The molecule has 0 bridgehead atoms. The molecule has 3 atom stereocenters. The zero-order chi connectivity index (χ0) is 12.3. The molecule has 3 heteroatoms. The molecule has 0 amide bonds. The Morgan fingerprint density at radius 1 is 1.38 bits per heavy atom. The lowest BCUT2D eigenvalue weighted by molar-refractivity contribution is -0.151. The van der Waals surface area contributed by atoms with Crippen LogP contribution in [0.5, 0.6) is 0 Å². The Balaban J connectivity index is 2.68. The molecule has 0 aromatic carbocycles. The smallest absolute Gasteiger partial charge is 0.309 e. The van der Waals surface area contributed by atoms with E-state index in [9.17, 15) is 4.79 Å². The van der Waals surface area contributed by atoms with Crippen LogP contribution in [-0.2, 0) is 9.53 Å². The molecule has 1 fully saturated rings. The van der Waals surface area contributed by atoms with Crippen LogP contribution in [0.4, 0.5) is 0 Å². The Hall–Kier alpha value is -0.570. The predicted molar refractivity (Wildman–Crippen MR) is 63.3 cm³/mol. The van der Waals surface area contributed by atoms with Gasteiger partial charge in [-0.05, 0) is 37.5 Å². The fraction of sp³-hybridized carbons (Fsp3) is 0.923. The van der Waals surface area contributed by atoms with Gasteiger partial charge in [0.2, 0.25) is 0 Å². The minimum atomic E-state index is -0.703. The predicted octanol–water partition coefficient (Wildman–Crippen LogP) is 2.94. The average molecular weight is 228 g/mol. The van der Waals surface area contributed by atoms with Crippen LogP contribution in [0.1, 0.15) is 47.0 Å². The third kappa shape index (κ3) is 3.21. The lowest BCUT2D eigenvalue weighted by Gasteiger charge is -2.40. The number of carbonyl (C=O) groups is 1. The number of hydrogen-bond acceptors (Lipinski definition) is 2. The summed E-state index contributed by atoms with van der Waals surface area (Å²) in [4.78, 5) is 11.1. The summed E-state index contributed by atoms with van der Waals surface area (Å²) in [7, 11) is 0. The number of hydrogen-bond donors (Lipinski definition) is 1. The SMILES string of the molecule is CCOC1CC(C(C)(C)C)CCC1C(=O)O. The number of carboxylic acids is 1. The standard InChI is InChI=1S/C13H24O3/c1-5-16-11-8-9(13(2,3)4)6-7-10(11)12(14)15/h9-11H,5-8H2,1-4H3,(H,14,15). The lowest BCUT2D eigenvalue weighted by atomic mass is 9.68. The highest BCUT2D eigenvalue weighted by atomic mass is 16.5. The molecule has 1 aliphatic carbocycles. The van der Waals surface area contributed by atoms with Gasteiger partial charge in [-0.15, -0.1) is 0 Å². The number of aliphatic carboxylic acids is 1. The first kappa shape index (κ1) is 13.5. The summed E-state index contributed by atoms with van der Waals surface area (Å²) in [5.74, 6) is -0.441. The van der Waals surface area contributed by atoms with Gasteiger partial charge in [-0.3, -0.25) is 4.79 Å². The molecule has 16 heavy (non-hydrogen) atoms. The summed E-state index contributed by atoms with van der Waals surface area (Å²) < 4.78 is 5.60. The summed E-state index contributed by atoms with van der Waals surface area (Å²) in [6.07, 6.45) is 2.54. The second-order valence-electron chi connectivity index (χ2n) is 5.81. The normalized spacial score (nSPS) is 31.4. The van der Waals surface area contributed by atoms with Crippen LogP contribution in [0.25, 0.3) is 0 Å². The Labute approximate surface area is 98.2 Å². The van der Waals surface area contributed by atoms with E-state index in [1.807, 2.05) is 6.92 Å². The van der Waals surface area contributed by atoms with E-state index in [2.05, 4.69) is 20.8 Å². The van der Waals surface area contributed by atoms with Gasteiger partial charge < -0.3 is 9.84 Å². The van der Waals surface area contributed by atoms with Crippen molar-refractivity contribution in [3.8, 4) is 0 Å². The maximum absolute atomic E-state index is 11.1. The van der Waals surface area contributed by atoms with Crippen LogP contribution in [0, 0.1) is 17.3 Å². The van der Waals surface area contributed by atoms with Gasteiger partial charge in [-0.1, -0.05) is 20.8 Å².